The maximum atomic E-state index is 13.1. The van der Waals surface area contributed by atoms with Gasteiger partial charge in [-0.2, -0.15) is 0 Å². The van der Waals surface area contributed by atoms with Crippen molar-refractivity contribution in [2.75, 3.05) is 24.5 Å². The molecule has 1 unspecified atom stereocenters. The number of benzene rings is 1. The van der Waals surface area contributed by atoms with Crippen molar-refractivity contribution in [3.63, 3.8) is 0 Å². The Labute approximate surface area is 109 Å². The van der Waals surface area contributed by atoms with Crippen LogP contribution in [0.1, 0.15) is 13.3 Å². The van der Waals surface area contributed by atoms with Crippen LogP contribution >= 0.6 is 22.6 Å². The van der Waals surface area contributed by atoms with Gasteiger partial charge in [0.05, 0.1) is 5.69 Å². The predicted octanol–water partition coefficient (Wildman–Crippen LogP) is 2.62. The maximum absolute atomic E-state index is 13.1. The zero-order valence-electron chi connectivity index (χ0n) is 9.34. The molecule has 0 radical (unpaired) electrons. The molecule has 1 aliphatic rings. The van der Waals surface area contributed by atoms with E-state index in [0.29, 0.717) is 6.04 Å². The van der Waals surface area contributed by atoms with Crippen molar-refractivity contribution < 1.29 is 4.39 Å². The summed E-state index contributed by atoms with van der Waals surface area (Å²) in [5.41, 5.74) is 1.16. The lowest BCUT2D eigenvalue weighted by Gasteiger charge is -2.38. The Hall–Kier alpha value is -0.360. The second-order valence-corrected chi connectivity index (χ2v) is 5.22. The first-order valence-corrected chi connectivity index (χ1v) is 6.72. The molecule has 2 rings (SSSR count). The Bertz CT molecular complexity index is 370. The fourth-order valence-corrected chi connectivity index (χ4v) is 2.94. The fourth-order valence-electron chi connectivity index (χ4n) is 2.16. The van der Waals surface area contributed by atoms with E-state index in [4.69, 9.17) is 0 Å². The van der Waals surface area contributed by atoms with Crippen LogP contribution in [0.3, 0.4) is 0 Å². The molecule has 16 heavy (non-hydrogen) atoms. The van der Waals surface area contributed by atoms with Gasteiger partial charge in [-0.25, -0.2) is 4.39 Å². The molecule has 0 spiro atoms. The van der Waals surface area contributed by atoms with Crippen molar-refractivity contribution in [2.45, 2.75) is 19.4 Å². The highest BCUT2D eigenvalue weighted by Crippen LogP contribution is 2.26. The monoisotopic (exact) mass is 334 g/mol. The van der Waals surface area contributed by atoms with Crippen molar-refractivity contribution in [1.82, 2.24) is 5.32 Å². The molecular weight excluding hydrogens is 318 g/mol. The first-order chi connectivity index (χ1) is 7.72. The molecule has 4 heteroatoms. The Morgan fingerprint density at radius 2 is 2.38 bits per heavy atom. The van der Waals surface area contributed by atoms with Crippen LogP contribution in [0.25, 0.3) is 0 Å². The molecule has 2 nitrogen and oxygen atoms in total. The quantitative estimate of drug-likeness (QED) is 0.837. The van der Waals surface area contributed by atoms with Crippen LogP contribution in [0.4, 0.5) is 10.1 Å². The number of piperazine rings is 1. The standard InChI is InChI=1S/C12H16FIN2/c1-2-10-8-15-5-6-16(10)12-4-3-9(13)7-11(12)14/h3-4,7,10,15H,2,5-6,8H2,1H3. The fraction of sp³-hybridized carbons (Fsp3) is 0.500. The van der Waals surface area contributed by atoms with Gasteiger partial charge in [0, 0.05) is 29.2 Å². The summed E-state index contributed by atoms with van der Waals surface area (Å²) < 4.78 is 14.1. The molecule has 0 bridgehead atoms. The largest absolute Gasteiger partial charge is 0.365 e. The highest BCUT2D eigenvalue weighted by atomic mass is 127. The first-order valence-electron chi connectivity index (χ1n) is 5.64. The summed E-state index contributed by atoms with van der Waals surface area (Å²) >= 11 is 2.21. The molecule has 1 atom stereocenters. The molecule has 1 N–H and O–H groups in total. The van der Waals surface area contributed by atoms with E-state index >= 15 is 0 Å². The summed E-state index contributed by atoms with van der Waals surface area (Å²) in [6.45, 7) is 5.22. The lowest BCUT2D eigenvalue weighted by atomic mass is 10.1. The molecule has 0 amide bonds. The lowest BCUT2D eigenvalue weighted by molar-refractivity contribution is 0.465. The minimum Gasteiger partial charge on any atom is -0.365 e. The Kier molecular flexibility index (Phi) is 4.02. The van der Waals surface area contributed by atoms with E-state index in [0.717, 1.165) is 35.3 Å². The van der Waals surface area contributed by atoms with Crippen molar-refractivity contribution in [1.29, 1.82) is 0 Å². The molecule has 1 aliphatic heterocycles. The second-order valence-electron chi connectivity index (χ2n) is 4.06. The van der Waals surface area contributed by atoms with Gasteiger partial charge in [0.1, 0.15) is 5.82 Å². The Morgan fingerprint density at radius 1 is 1.56 bits per heavy atom. The van der Waals surface area contributed by atoms with Crippen molar-refractivity contribution in [2.24, 2.45) is 0 Å². The second kappa shape index (κ2) is 5.31. The van der Waals surface area contributed by atoms with Crippen molar-refractivity contribution >= 4 is 28.3 Å². The average Bonchev–Trinajstić information content (AvgIpc) is 2.29. The van der Waals surface area contributed by atoms with E-state index in [2.05, 4.69) is 39.7 Å². The number of hydrogen-bond donors (Lipinski definition) is 1. The summed E-state index contributed by atoms with van der Waals surface area (Å²) in [5.74, 6) is -0.156. The van der Waals surface area contributed by atoms with Gasteiger partial charge >= 0.3 is 0 Å². The van der Waals surface area contributed by atoms with Gasteiger partial charge in [0.25, 0.3) is 0 Å². The lowest BCUT2D eigenvalue weighted by Crippen LogP contribution is -2.51. The van der Waals surface area contributed by atoms with E-state index in [1.165, 1.54) is 0 Å². The van der Waals surface area contributed by atoms with Crippen molar-refractivity contribution in [3.8, 4) is 0 Å². The number of nitrogens with zero attached hydrogens (tertiary/aromatic N) is 1. The normalized spacial score (nSPS) is 21.2. The molecular formula is C12H16FIN2. The summed E-state index contributed by atoms with van der Waals surface area (Å²) in [6, 6.07) is 5.56. The Balaban J connectivity index is 2.27. The zero-order valence-corrected chi connectivity index (χ0v) is 11.5. The maximum Gasteiger partial charge on any atom is 0.124 e. The molecule has 1 heterocycles. The minimum atomic E-state index is -0.156. The van der Waals surface area contributed by atoms with E-state index in [1.807, 2.05) is 6.07 Å². The minimum absolute atomic E-state index is 0.156. The number of halogens is 2. The zero-order chi connectivity index (χ0) is 11.5. The third-order valence-electron chi connectivity index (χ3n) is 3.04. The van der Waals surface area contributed by atoms with Crippen LogP contribution in [-0.2, 0) is 0 Å². The number of hydrogen-bond acceptors (Lipinski definition) is 2. The van der Waals surface area contributed by atoms with Crippen LogP contribution in [0.2, 0.25) is 0 Å². The number of rotatable bonds is 2. The highest BCUT2D eigenvalue weighted by Gasteiger charge is 2.22. The average molecular weight is 334 g/mol. The molecule has 0 aromatic heterocycles. The van der Waals surface area contributed by atoms with Gasteiger partial charge in [0.15, 0.2) is 0 Å². The summed E-state index contributed by atoms with van der Waals surface area (Å²) in [7, 11) is 0. The van der Waals surface area contributed by atoms with Gasteiger partial charge in [-0.05, 0) is 47.2 Å². The predicted molar refractivity (Wildman–Crippen MR) is 73.4 cm³/mol. The molecule has 0 saturated carbocycles. The van der Waals surface area contributed by atoms with Crippen LogP contribution in [0.5, 0.6) is 0 Å². The highest BCUT2D eigenvalue weighted by molar-refractivity contribution is 14.1. The van der Waals surface area contributed by atoms with Crippen LogP contribution < -0.4 is 10.2 Å². The molecule has 1 saturated heterocycles. The topological polar surface area (TPSA) is 15.3 Å². The van der Waals surface area contributed by atoms with E-state index in [-0.39, 0.29) is 5.82 Å². The van der Waals surface area contributed by atoms with Gasteiger partial charge in [-0.1, -0.05) is 6.92 Å². The smallest absolute Gasteiger partial charge is 0.124 e. The van der Waals surface area contributed by atoms with Crippen LogP contribution in [0, 0.1) is 9.39 Å². The Morgan fingerprint density at radius 3 is 3.06 bits per heavy atom. The van der Waals surface area contributed by atoms with Crippen LogP contribution in [-0.4, -0.2) is 25.7 Å². The molecule has 1 fully saturated rings. The molecule has 1 aromatic rings. The summed E-state index contributed by atoms with van der Waals surface area (Å²) in [4.78, 5) is 2.39. The third-order valence-corrected chi connectivity index (χ3v) is 3.90. The number of nitrogens with one attached hydrogen (secondary N) is 1. The third kappa shape index (κ3) is 2.48. The van der Waals surface area contributed by atoms with E-state index < -0.39 is 0 Å². The van der Waals surface area contributed by atoms with Crippen molar-refractivity contribution in [3.05, 3.63) is 27.6 Å². The van der Waals surface area contributed by atoms with Gasteiger partial charge < -0.3 is 10.2 Å². The summed E-state index contributed by atoms with van der Waals surface area (Å²) in [6.07, 6.45) is 1.11. The molecule has 88 valence electrons. The molecule has 0 aliphatic carbocycles. The van der Waals surface area contributed by atoms with Crippen LogP contribution in [0.15, 0.2) is 18.2 Å². The van der Waals surface area contributed by atoms with Gasteiger partial charge in [0.2, 0.25) is 0 Å². The van der Waals surface area contributed by atoms with Gasteiger partial charge in [-0.15, -0.1) is 0 Å². The number of anilines is 1. The molecule has 1 aromatic carbocycles. The summed E-state index contributed by atoms with van der Waals surface area (Å²) in [5, 5.41) is 3.40. The van der Waals surface area contributed by atoms with Gasteiger partial charge in [-0.3, -0.25) is 0 Å². The first kappa shape index (κ1) is 12.1. The van der Waals surface area contributed by atoms with E-state index in [9.17, 15) is 4.39 Å². The van der Waals surface area contributed by atoms with E-state index in [1.54, 1.807) is 12.1 Å². The SMILES string of the molecule is CCC1CNCCN1c1ccc(F)cc1I.